The number of nitrogen functional groups attached to an aromatic ring is 1. The number of allylic oxidation sites excluding steroid dienone is 1. The Balaban J connectivity index is 2.06. The van der Waals surface area contributed by atoms with Gasteiger partial charge >= 0.3 is 10.8 Å². The molecule has 9 nitrogen and oxygen atoms in total. The molecule has 0 radical (unpaired) electrons. The van der Waals surface area contributed by atoms with Crippen LogP contribution in [0.25, 0.3) is 10.3 Å². The molecule has 1 aliphatic heterocycles. The summed E-state index contributed by atoms with van der Waals surface area (Å²) >= 11 is 2.09. The number of carboxylic acids is 1. The fourth-order valence-corrected chi connectivity index (χ4v) is 4.89. The second-order valence-electron chi connectivity index (χ2n) is 5.44. The van der Waals surface area contributed by atoms with E-state index in [1.807, 2.05) is 0 Å². The number of nitrogens with zero attached hydrogens (tertiary/aromatic N) is 2. The van der Waals surface area contributed by atoms with Gasteiger partial charge in [-0.05, 0) is 12.8 Å². The first kappa shape index (κ1) is 17.7. The third kappa shape index (κ3) is 3.48. The number of thiazole rings is 1. The van der Waals surface area contributed by atoms with E-state index >= 15 is 0 Å². The number of fused-ring (bicyclic) bond motifs is 1. The van der Waals surface area contributed by atoms with Gasteiger partial charge in [0.2, 0.25) is 5.95 Å². The number of anilines is 1. The number of H-pyrrole nitrogens is 1. The number of aromatic amines is 1. The molecule has 3 unspecified atom stereocenters. The highest BCUT2D eigenvalue weighted by Crippen LogP contribution is 2.43. The van der Waals surface area contributed by atoms with Crippen LogP contribution in [0.5, 0.6) is 0 Å². The van der Waals surface area contributed by atoms with E-state index in [0.29, 0.717) is 12.8 Å². The molecule has 4 N–H and O–H groups in total. The molecule has 0 aromatic carbocycles. The number of hydrogen-bond donors (Lipinski definition) is 3. The van der Waals surface area contributed by atoms with Crippen molar-refractivity contribution < 1.29 is 14.6 Å². The van der Waals surface area contributed by atoms with Crippen LogP contribution in [0, 0.1) is 0 Å². The highest BCUT2D eigenvalue weighted by atomic mass is 32.2. The van der Waals surface area contributed by atoms with Crippen LogP contribution in [0.15, 0.2) is 22.2 Å². The number of carboxylic acid groups (broad SMARTS) is 1. The van der Waals surface area contributed by atoms with Crippen molar-refractivity contribution in [3.05, 3.63) is 32.7 Å². The number of thioether (sulfide) groups is 1. The summed E-state index contributed by atoms with van der Waals surface area (Å²) in [6.07, 6.45) is 2.09. The second kappa shape index (κ2) is 7.02. The van der Waals surface area contributed by atoms with Crippen molar-refractivity contribution >= 4 is 45.4 Å². The summed E-state index contributed by atoms with van der Waals surface area (Å²) in [5.41, 5.74) is 4.92. The van der Waals surface area contributed by atoms with E-state index in [4.69, 9.17) is 15.6 Å². The summed E-state index contributed by atoms with van der Waals surface area (Å²) < 4.78 is 7.29. The molecular weight excluding hydrogens is 368 g/mol. The van der Waals surface area contributed by atoms with Crippen molar-refractivity contribution in [3.8, 4) is 0 Å². The number of hydrogen-bond acceptors (Lipinski definition) is 8. The lowest BCUT2D eigenvalue weighted by atomic mass is 10.2. The zero-order valence-corrected chi connectivity index (χ0v) is 14.6. The SMILES string of the molecule is C=CCCC1OC(n2c(=O)sc3c(=O)[nH]c(N)nc32)C(CC(=O)O)S1. The maximum absolute atomic E-state index is 12.4. The third-order valence-corrected chi connectivity index (χ3v) is 6.01. The number of aromatic nitrogens is 3. The smallest absolute Gasteiger partial charge is 0.311 e. The van der Waals surface area contributed by atoms with Crippen molar-refractivity contribution in [2.45, 2.75) is 36.2 Å². The van der Waals surface area contributed by atoms with Gasteiger partial charge in [-0.3, -0.25) is 23.9 Å². The largest absolute Gasteiger partial charge is 0.481 e. The first-order valence-corrected chi connectivity index (χ1v) is 9.21. The molecule has 2 aromatic rings. The van der Waals surface area contributed by atoms with E-state index < -0.39 is 27.9 Å². The van der Waals surface area contributed by atoms with Gasteiger partial charge in [0.1, 0.15) is 10.1 Å². The average molecular weight is 384 g/mol. The van der Waals surface area contributed by atoms with Crippen LogP contribution in [-0.2, 0) is 9.53 Å². The van der Waals surface area contributed by atoms with E-state index in [2.05, 4.69) is 16.5 Å². The Morgan fingerprint density at radius 2 is 2.28 bits per heavy atom. The first-order valence-electron chi connectivity index (χ1n) is 7.45. The van der Waals surface area contributed by atoms with Gasteiger partial charge in [-0.1, -0.05) is 17.4 Å². The van der Waals surface area contributed by atoms with Gasteiger partial charge in [-0.15, -0.1) is 18.3 Å². The highest BCUT2D eigenvalue weighted by molar-refractivity contribution is 8.00. The molecule has 0 spiro atoms. The Morgan fingerprint density at radius 1 is 1.52 bits per heavy atom. The normalized spacial score (nSPS) is 23.1. The minimum absolute atomic E-state index is 0.113. The zero-order chi connectivity index (χ0) is 18.1. The van der Waals surface area contributed by atoms with Crippen molar-refractivity contribution in [3.63, 3.8) is 0 Å². The Morgan fingerprint density at radius 3 is 2.96 bits per heavy atom. The van der Waals surface area contributed by atoms with Crippen LogP contribution < -0.4 is 16.2 Å². The van der Waals surface area contributed by atoms with Crippen LogP contribution in [0.4, 0.5) is 5.95 Å². The minimum Gasteiger partial charge on any atom is -0.481 e. The fraction of sp³-hybridized carbons (Fsp3) is 0.429. The lowest BCUT2D eigenvalue weighted by Gasteiger charge is -2.17. The molecular formula is C14H16N4O5S2. The van der Waals surface area contributed by atoms with Crippen LogP contribution in [0.1, 0.15) is 25.5 Å². The molecule has 2 aromatic heterocycles. The van der Waals surface area contributed by atoms with Crippen molar-refractivity contribution in [1.29, 1.82) is 0 Å². The summed E-state index contributed by atoms with van der Waals surface area (Å²) in [6, 6.07) is 0. The van der Waals surface area contributed by atoms with Crippen molar-refractivity contribution in [2.75, 3.05) is 5.73 Å². The van der Waals surface area contributed by atoms with Gasteiger partial charge in [0.25, 0.3) is 5.56 Å². The molecule has 1 aliphatic rings. The number of nitrogens with one attached hydrogen (secondary N) is 1. The molecule has 11 heteroatoms. The van der Waals surface area contributed by atoms with Crippen LogP contribution in [0.3, 0.4) is 0 Å². The van der Waals surface area contributed by atoms with Gasteiger partial charge in [0.05, 0.1) is 11.7 Å². The van der Waals surface area contributed by atoms with E-state index in [9.17, 15) is 14.4 Å². The van der Waals surface area contributed by atoms with Gasteiger partial charge in [0, 0.05) is 0 Å². The molecule has 0 amide bonds. The quantitative estimate of drug-likeness (QED) is 0.630. The number of aliphatic carboxylic acids is 1. The molecule has 1 fully saturated rings. The van der Waals surface area contributed by atoms with Crippen LogP contribution in [0.2, 0.25) is 0 Å². The second-order valence-corrected chi connectivity index (χ2v) is 7.80. The zero-order valence-electron chi connectivity index (χ0n) is 13.0. The Hall–Kier alpha value is -2.11. The topological polar surface area (TPSA) is 140 Å². The van der Waals surface area contributed by atoms with E-state index in [-0.39, 0.29) is 28.2 Å². The monoisotopic (exact) mass is 384 g/mol. The van der Waals surface area contributed by atoms with Gasteiger partial charge in [0.15, 0.2) is 11.9 Å². The number of nitrogens with two attached hydrogens (primary N) is 1. The minimum atomic E-state index is -0.992. The number of ether oxygens (including phenoxy) is 1. The summed E-state index contributed by atoms with van der Waals surface area (Å²) in [5, 5.41) is 8.68. The van der Waals surface area contributed by atoms with Gasteiger partial charge in [-0.2, -0.15) is 4.98 Å². The molecule has 3 heterocycles. The maximum Gasteiger partial charge on any atom is 0.311 e. The molecule has 134 valence electrons. The lowest BCUT2D eigenvalue weighted by molar-refractivity contribution is -0.137. The third-order valence-electron chi connectivity index (χ3n) is 3.66. The molecule has 3 atom stereocenters. The average Bonchev–Trinajstić information content (AvgIpc) is 3.05. The van der Waals surface area contributed by atoms with E-state index in [1.54, 1.807) is 6.08 Å². The first-order chi connectivity index (χ1) is 11.9. The van der Waals surface area contributed by atoms with Gasteiger partial charge < -0.3 is 15.6 Å². The predicted molar refractivity (Wildman–Crippen MR) is 95.9 cm³/mol. The lowest BCUT2D eigenvalue weighted by Crippen LogP contribution is -2.28. The van der Waals surface area contributed by atoms with E-state index in [0.717, 1.165) is 11.3 Å². The maximum atomic E-state index is 12.4. The molecule has 0 aliphatic carbocycles. The Kier molecular flexibility index (Phi) is 4.97. The summed E-state index contributed by atoms with van der Waals surface area (Å²) in [4.78, 5) is 41.5. The Labute approximate surface area is 149 Å². The van der Waals surface area contributed by atoms with E-state index in [1.165, 1.54) is 16.3 Å². The van der Waals surface area contributed by atoms with Gasteiger partial charge in [-0.25, -0.2) is 0 Å². The standard InChI is InChI=1S/C14H16N4O5S2/c1-2-3-4-8-23-12(6(24-8)5-7(19)20)18-10-9(25-14(18)22)11(21)17-13(15)16-10/h2,6,8,12H,1,3-5H2,(H,19,20)(H3,15,16,17,21). The molecule has 0 bridgehead atoms. The van der Waals surface area contributed by atoms with Crippen LogP contribution in [-0.4, -0.2) is 36.3 Å². The van der Waals surface area contributed by atoms with Crippen molar-refractivity contribution in [1.82, 2.24) is 14.5 Å². The fourth-order valence-electron chi connectivity index (χ4n) is 2.65. The molecule has 25 heavy (non-hydrogen) atoms. The number of rotatable bonds is 6. The highest BCUT2D eigenvalue weighted by Gasteiger charge is 2.40. The summed E-state index contributed by atoms with van der Waals surface area (Å²) in [7, 11) is 0. The molecule has 0 saturated carbocycles. The summed E-state index contributed by atoms with van der Waals surface area (Å²) in [6.45, 7) is 3.66. The Bertz CT molecular complexity index is 933. The summed E-state index contributed by atoms with van der Waals surface area (Å²) in [5.74, 6) is -1.11. The molecule has 3 rings (SSSR count). The molecule has 1 saturated heterocycles. The van der Waals surface area contributed by atoms with Crippen molar-refractivity contribution in [2.24, 2.45) is 0 Å². The predicted octanol–water partition coefficient (Wildman–Crippen LogP) is 1.13. The number of carbonyl (C=O) groups is 1. The van der Waals surface area contributed by atoms with Crippen LogP contribution >= 0.6 is 23.1 Å².